The zero-order valence-electron chi connectivity index (χ0n) is 24.4. The molecule has 1 aromatic heterocycles. The van der Waals surface area contributed by atoms with Crippen LogP contribution in [0.5, 0.6) is 0 Å². The molecule has 5 rings (SSSR count). The number of ketones is 1. The minimum absolute atomic E-state index is 0.0248. The number of nitrogens with zero attached hydrogens (tertiary/aromatic N) is 5. The van der Waals surface area contributed by atoms with E-state index in [0.29, 0.717) is 41.3 Å². The molecule has 2 aliphatic heterocycles. The molecule has 41 heavy (non-hydrogen) atoms. The summed E-state index contributed by atoms with van der Waals surface area (Å²) in [7, 11) is 3.46. The van der Waals surface area contributed by atoms with E-state index in [4.69, 9.17) is 9.72 Å². The molecule has 2 aromatic carbocycles. The summed E-state index contributed by atoms with van der Waals surface area (Å²) in [4.78, 5) is 50.7. The van der Waals surface area contributed by atoms with E-state index in [1.165, 1.54) is 19.6 Å². The van der Waals surface area contributed by atoms with E-state index in [0.717, 1.165) is 51.1 Å². The Balaban J connectivity index is 1.54. The second-order valence-corrected chi connectivity index (χ2v) is 11.1. The standard InChI is InChI=1S/C32H39N5O4/c1-5-26-18-23-8-6-7-9-25(23)20-37(26)31(39)28-19-24(32(40)41-4)10-11-27(28)30-33-29(22(2)38)21-36(30)17-16-35-14-12-34(3)13-15-35/h6-11,19,21,26H,5,12-18,20H2,1-4H3/t26-/m1/s1. The third-order valence-electron chi connectivity index (χ3n) is 8.39. The summed E-state index contributed by atoms with van der Waals surface area (Å²) in [5, 5.41) is 0. The number of methoxy groups -OCH3 is 1. The summed E-state index contributed by atoms with van der Waals surface area (Å²) in [6.45, 7) is 9.50. The first kappa shape index (κ1) is 28.7. The lowest BCUT2D eigenvalue weighted by Crippen LogP contribution is -2.45. The minimum Gasteiger partial charge on any atom is -0.465 e. The van der Waals surface area contributed by atoms with E-state index in [1.807, 2.05) is 21.6 Å². The SMILES string of the molecule is CC[C@@H]1Cc2ccccc2CN1C(=O)c1cc(C(=O)OC)ccc1-c1nc(C(C)=O)cn1CCN1CCN(C)CC1. The Morgan fingerprint density at radius 1 is 1.00 bits per heavy atom. The van der Waals surface area contributed by atoms with Crippen molar-refractivity contribution in [1.29, 1.82) is 0 Å². The maximum absolute atomic E-state index is 14.4. The van der Waals surface area contributed by atoms with Gasteiger partial charge in [0.15, 0.2) is 5.78 Å². The van der Waals surface area contributed by atoms with Crippen LogP contribution in [-0.2, 0) is 24.2 Å². The number of carbonyl (C=O) groups is 3. The number of likely N-dealkylation sites (N-methyl/N-ethyl adjacent to an activating group) is 1. The predicted molar refractivity (Wildman–Crippen MR) is 157 cm³/mol. The molecular formula is C32H39N5O4. The molecule has 3 aromatic rings. The van der Waals surface area contributed by atoms with Crippen LogP contribution in [0.2, 0.25) is 0 Å². The van der Waals surface area contributed by atoms with Gasteiger partial charge in [0, 0.05) is 70.5 Å². The Labute approximate surface area is 241 Å². The van der Waals surface area contributed by atoms with Crippen molar-refractivity contribution in [1.82, 2.24) is 24.3 Å². The number of Topliss-reactive ketones (excluding diaryl/α,β-unsaturated/α-hetero) is 1. The van der Waals surface area contributed by atoms with Gasteiger partial charge in [-0.1, -0.05) is 31.2 Å². The highest BCUT2D eigenvalue weighted by molar-refractivity contribution is 6.03. The van der Waals surface area contributed by atoms with Crippen molar-refractivity contribution in [3.63, 3.8) is 0 Å². The van der Waals surface area contributed by atoms with Crippen molar-refractivity contribution < 1.29 is 19.1 Å². The van der Waals surface area contributed by atoms with Crippen molar-refractivity contribution in [2.45, 2.75) is 45.8 Å². The summed E-state index contributed by atoms with van der Waals surface area (Å²) in [6.07, 6.45) is 3.36. The quantitative estimate of drug-likeness (QED) is 0.308. The summed E-state index contributed by atoms with van der Waals surface area (Å²) >= 11 is 0. The number of hydrogen-bond acceptors (Lipinski definition) is 7. The molecule has 0 unspecified atom stereocenters. The van der Waals surface area contributed by atoms with Crippen LogP contribution >= 0.6 is 0 Å². The molecule has 2 aliphatic rings. The normalized spacial score (nSPS) is 17.8. The molecular weight excluding hydrogens is 518 g/mol. The number of carbonyl (C=O) groups excluding carboxylic acids is 3. The molecule has 1 fully saturated rings. The topological polar surface area (TPSA) is 88.0 Å². The molecule has 0 saturated carbocycles. The number of aromatic nitrogens is 2. The second kappa shape index (κ2) is 12.4. The van der Waals surface area contributed by atoms with Gasteiger partial charge in [-0.25, -0.2) is 9.78 Å². The van der Waals surface area contributed by atoms with Gasteiger partial charge in [-0.3, -0.25) is 14.5 Å². The van der Waals surface area contributed by atoms with Crippen LogP contribution in [0.3, 0.4) is 0 Å². The summed E-state index contributed by atoms with van der Waals surface area (Å²) in [5.74, 6) is -0.258. The molecule has 3 heterocycles. The van der Waals surface area contributed by atoms with Gasteiger partial charge in [0.2, 0.25) is 0 Å². The van der Waals surface area contributed by atoms with E-state index in [9.17, 15) is 14.4 Å². The first-order valence-corrected chi connectivity index (χ1v) is 14.4. The lowest BCUT2D eigenvalue weighted by molar-refractivity contribution is 0.0600. The monoisotopic (exact) mass is 557 g/mol. The molecule has 0 aliphatic carbocycles. The number of ether oxygens (including phenoxy) is 1. The van der Waals surface area contributed by atoms with Gasteiger partial charge < -0.3 is 19.1 Å². The molecule has 9 nitrogen and oxygen atoms in total. The number of esters is 1. The van der Waals surface area contributed by atoms with Crippen LogP contribution in [0.15, 0.2) is 48.7 Å². The Morgan fingerprint density at radius 3 is 2.41 bits per heavy atom. The van der Waals surface area contributed by atoms with Crippen LogP contribution in [0.4, 0.5) is 0 Å². The zero-order chi connectivity index (χ0) is 29.1. The fourth-order valence-corrected chi connectivity index (χ4v) is 5.80. The van der Waals surface area contributed by atoms with Gasteiger partial charge in [0.1, 0.15) is 11.5 Å². The number of imidazole rings is 1. The fraction of sp³-hybridized carbons (Fsp3) is 0.438. The second-order valence-electron chi connectivity index (χ2n) is 11.1. The van der Waals surface area contributed by atoms with Crippen LogP contribution in [0.25, 0.3) is 11.4 Å². The maximum Gasteiger partial charge on any atom is 0.337 e. The summed E-state index contributed by atoms with van der Waals surface area (Å²) in [5.41, 5.74) is 4.02. The first-order chi connectivity index (χ1) is 19.8. The van der Waals surface area contributed by atoms with Crippen molar-refractivity contribution in [2.24, 2.45) is 0 Å². The van der Waals surface area contributed by atoms with Gasteiger partial charge in [-0.15, -0.1) is 0 Å². The predicted octanol–water partition coefficient (Wildman–Crippen LogP) is 3.76. The highest BCUT2D eigenvalue weighted by Gasteiger charge is 2.32. The molecule has 1 atom stereocenters. The van der Waals surface area contributed by atoms with Crippen LogP contribution in [0.1, 0.15) is 62.6 Å². The number of fused-ring (bicyclic) bond motifs is 1. The van der Waals surface area contributed by atoms with Crippen LogP contribution in [-0.4, -0.2) is 94.8 Å². The van der Waals surface area contributed by atoms with E-state index in [2.05, 4.69) is 35.9 Å². The van der Waals surface area contributed by atoms with Gasteiger partial charge in [-0.05, 0) is 49.2 Å². The molecule has 1 amide bonds. The Kier molecular flexibility index (Phi) is 8.65. The zero-order valence-corrected chi connectivity index (χ0v) is 24.4. The Hall–Kier alpha value is -3.82. The van der Waals surface area contributed by atoms with Gasteiger partial charge in [-0.2, -0.15) is 0 Å². The van der Waals surface area contributed by atoms with Crippen LogP contribution in [0, 0.1) is 0 Å². The third-order valence-corrected chi connectivity index (χ3v) is 8.39. The van der Waals surface area contributed by atoms with E-state index in [1.54, 1.807) is 24.4 Å². The van der Waals surface area contributed by atoms with Gasteiger partial charge >= 0.3 is 5.97 Å². The van der Waals surface area contributed by atoms with Crippen molar-refractivity contribution in [2.75, 3.05) is 46.9 Å². The largest absolute Gasteiger partial charge is 0.465 e. The number of piperazine rings is 1. The van der Waals surface area contributed by atoms with E-state index >= 15 is 0 Å². The average Bonchev–Trinajstić information content (AvgIpc) is 3.43. The fourth-order valence-electron chi connectivity index (χ4n) is 5.80. The molecule has 0 N–H and O–H groups in total. The lowest BCUT2D eigenvalue weighted by atomic mass is 9.91. The number of amides is 1. The number of hydrogen-bond donors (Lipinski definition) is 0. The smallest absolute Gasteiger partial charge is 0.337 e. The Morgan fingerprint density at radius 2 is 1.73 bits per heavy atom. The molecule has 216 valence electrons. The van der Waals surface area contributed by atoms with E-state index in [-0.39, 0.29) is 17.7 Å². The summed E-state index contributed by atoms with van der Waals surface area (Å²) in [6, 6.07) is 13.3. The third kappa shape index (κ3) is 6.11. The highest BCUT2D eigenvalue weighted by Crippen LogP contribution is 2.31. The Bertz CT molecular complexity index is 1440. The average molecular weight is 558 g/mol. The van der Waals surface area contributed by atoms with Crippen molar-refractivity contribution in [3.05, 3.63) is 76.6 Å². The van der Waals surface area contributed by atoms with E-state index < -0.39 is 5.97 Å². The number of benzene rings is 2. The molecule has 1 saturated heterocycles. The van der Waals surface area contributed by atoms with Crippen molar-refractivity contribution in [3.8, 4) is 11.4 Å². The van der Waals surface area contributed by atoms with Gasteiger partial charge in [0.05, 0.1) is 18.2 Å². The first-order valence-electron chi connectivity index (χ1n) is 14.4. The lowest BCUT2D eigenvalue weighted by Gasteiger charge is -2.37. The number of rotatable bonds is 8. The van der Waals surface area contributed by atoms with Crippen molar-refractivity contribution >= 4 is 17.7 Å². The maximum atomic E-state index is 14.4. The molecule has 0 spiro atoms. The molecule has 0 radical (unpaired) electrons. The van der Waals surface area contributed by atoms with Crippen LogP contribution < -0.4 is 0 Å². The summed E-state index contributed by atoms with van der Waals surface area (Å²) < 4.78 is 6.96. The minimum atomic E-state index is -0.510. The molecule has 0 bridgehead atoms. The highest BCUT2D eigenvalue weighted by atomic mass is 16.5. The molecule has 9 heteroatoms. The van der Waals surface area contributed by atoms with Gasteiger partial charge in [0.25, 0.3) is 5.91 Å².